The van der Waals surface area contributed by atoms with Crippen LogP contribution < -0.4 is 10.6 Å². The van der Waals surface area contributed by atoms with Gasteiger partial charge in [-0.15, -0.1) is 0 Å². The van der Waals surface area contributed by atoms with Gasteiger partial charge in [0.15, 0.2) is 0 Å². The van der Waals surface area contributed by atoms with Crippen LogP contribution >= 0.6 is 0 Å². The molecule has 2 heterocycles. The zero-order valence-electron chi connectivity index (χ0n) is 29.8. The van der Waals surface area contributed by atoms with Gasteiger partial charge in [-0.3, -0.25) is 5.32 Å². The number of allylic oxidation sites excluding steroid dienone is 5. The van der Waals surface area contributed by atoms with Crippen LogP contribution in [-0.4, -0.2) is 18.5 Å². The van der Waals surface area contributed by atoms with Gasteiger partial charge in [-0.05, 0) is 113 Å². The molecule has 3 aliphatic rings. The van der Waals surface area contributed by atoms with Crippen molar-refractivity contribution in [3.63, 3.8) is 0 Å². The van der Waals surface area contributed by atoms with Crippen molar-refractivity contribution in [2.45, 2.75) is 24.5 Å². The fourth-order valence-electron chi connectivity index (χ4n) is 8.71. The second kappa shape index (κ2) is 13.1. The van der Waals surface area contributed by atoms with Crippen molar-refractivity contribution in [2.24, 2.45) is 0 Å². The first-order chi connectivity index (χ1) is 26.2. The molecule has 3 unspecified atom stereocenters. The smallest absolute Gasteiger partial charge is 0.105 e. The Morgan fingerprint density at radius 3 is 1.89 bits per heavy atom. The van der Waals surface area contributed by atoms with Crippen LogP contribution in [0.25, 0.3) is 48.8 Å². The maximum atomic E-state index is 4.08. The molecular formula is C50H41N3. The predicted octanol–water partition coefficient (Wildman–Crippen LogP) is 11.6. The third-order valence-electron chi connectivity index (χ3n) is 11.4. The fourth-order valence-corrected chi connectivity index (χ4v) is 8.71. The van der Waals surface area contributed by atoms with E-state index in [0.29, 0.717) is 5.92 Å². The lowest BCUT2D eigenvalue weighted by atomic mass is 9.87. The van der Waals surface area contributed by atoms with Gasteiger partial charge in [0.25, 0.3) is 0 Å². The SMILES string of the molecule is CN1C=CC=C(C2=CCC(c3ccc(C4=CC(c5cc6ccccc6c6ccccc56)NC(c5cc6ccccc6c6ccccc56)N4)cc3)C=C2)C1. The lowest BCUT2D eigenvalue weighted by Crippen LogP contribution is -2.39. The molecule has 3 heteroatoms. The number of likely N-dealkylation sites (N-methyl/N-ethyl adjacent to an activating group) is 1. The summed E-state index contributed by atoms with van der Waals surface area (Å²) in [5, 5.41) is 18.2. The van der Waals surface area contributed by atoms with Crippen molar-refractivity contribution in [3.05, 3.63) is 210 Å². The van der Waals surface area contributed by atoms with Gasteiger partial charge in [0.2, 0.25) is 0 Å². The molecule has 0 bridgehead atoms. The molecule has 0 spiro atoms. The zero-order valence-corrected chi connectivity index (χ0v) is 29.8. The largest absolute Gasteiger partial charge is 0.376 e. The van der Waals surface area contributed by atoms with E-state index >= 15 is 0 Å². The van der Waals surface area contributed by atoms with E-state index in [1.807, 2.05) is 0 Å². The molecule has 0 radical (unpaired) electrons. The predicted molar refractivity (Wildman–Crippen MR) is 224 cm³/mol. The molecule has 10 rings (SSSR count). The van der Waals surface area contributed by atoms with E-state index in [9.17, 15) is 0 Å². The number of hydrogen-bond acceptors (Lipinski definition) is 3. The van der Waals surface area contributed by atoms with Crippen LogP contribution in [0.2, 0.25) is 0 Å². The van der Waals surface area contributed by atoms with Crippen LogP contribution in [0.3, 0.4) is 0 Å². The number of benzene rings is 7. The van der Waals surface area contributed by atoms with Gasteiger partial charge in [-0.1, -0.05) is 146 Å². The van der Waals surface area contributed by atoms with Crippen LogP contribution in [0.15, 0.2) is 187 Å². The van der Waals surface area contributed by atoms with E-state index in [2.05, 4.69) is 199 Å². The van der Waals surface area contributed by atoms with Gasteiger partial charge in [0, 0.05) is 25.2 Å². The number of fused-ring (bicyclic) bond motifs is 6. The zero-order chi connectivity index (χ0) is 35.3. The molecule has 0 fully saturated rings. The highest BCUT2D eigenvalue weighted by molar-refractivity contribution is 6.10. The Labute approximate surface area is 311 Å². The van der Waals surface area contributed by atoms with Crippen molar-refractivity contribution in [3.8, 4) is 0 Å². The van der Waals surface area contributed by atoms with Crippen LogP contribution in [0.4, 0.5) is 0 Å². The minimum absolute atomic E-state index is 0.0246. The Morgan fingerprint density at radius 1 is 0.642 bits per heavy atom. The van der Waals surface area contributed by atoms with E-state index < -0.39 is 0 Å². The van der Waals surface area contributed by atoms with E-state index in [1.165, 1.54) is 76.5 Å². The molecule has 0 saturated carbocycles. The van der Waals surface area contributed by atoms with Gasteiger partial charge in [-0.25, -0.2) is 0 Å². The monoisotopic (exact) mass is 683 g/mol. The van der Waals surface area contributed by atoms with Crippen LogP contribution in [-0.2, 0) is 0 Å². The summed E-state index contributed by atoms with van der Waals surface area (Å²) >= 11 is 0. The van der Waals surface area contributed by atoms with Crippen molar-refractivity contribution in [1.29, 1.82) is 0 Å². The topological polar surface area (TPSA) is 27.3 Å². The second-order valence-corrected chi connectivity index (χ2v) is 14.7. The molecule has 2 aliphatic heterocycles. The maximum absolute atomic E-state index is 4.08. The van der Waals surface area contributed by atoms with Crippen LogP contribution in [0, 0.1) is 0 Å². The molecule has 1 aliphatic carbocycles. The Balaban J connectivity index is 1.05. The van der Waals surface area contributed by atoms with Gasteiger partial charge in [0.05, 0.1) is 6.04 Å². The Kier molecular flexibility index (Phi) is 7.81. The van der Waals surface area contributed by atoms with Gasteiger partial charge < -0.3 is 10.2 Å². The Morgan fingerprint density at radius 2 is 1.25 bits per heavy atom. The van der Waals surface area contributed by atoms with E-state index in [4.69, 9.17) is 0 Å². The summed E-state index contributed by atoms with van der Waals surface area (Å²) in [7, 11) is 2.13. The fraction of sp³-hybridized carbons (Fsp3) is 0.120. The average Bonchev–Trinajstić information content (AvgIpc) is 3.23. The van der Waals surface area contributed by atoms with Crippen LogP contribution in [0.1, 0.15) is 46.8 Å². The molecule has 53 heavy (non-hydrogen) atoms. The molecule has 7 aromatic carbocycles. The third-order valence-corrected chi connectivity index (χ3v) is 11.4. The van der Waals surface area contributed by atoms with Crippen molar-refractivity contribution < 1.29 is 0 Å². The normalized spacial score (nSPS) is 20.1. The molecule has 0 aromatic heterocycles. The Bertz CT molecular complexity index is 2710. The number of nitrogens with zero attached hydrogens (tertiary/aromatic N) is 1. The highest BCUT2D eigenvalue weighted by Gasteiger charge is 2.27. The molecule has 0 saturated heterocycles. The molecule has 3 nitrogen and oxygen atoms in total. The summed E-state index contributed by atoms with van der Waals surface area (Å²) in [5.41, 5.74) is 8.94. The van der Waals surface area contributed by atoms with Crippen molar-refractivity contribution in [1.82, 2.24) is 15.5 Å². The molecular weight excluding hydrogens is 643 g/mol. The summed E-state index contributed by atoms with van der Waals surface area (Å²) < 4.78 is 0. The van der Waals surface area contributed by atoms with Crippen molar-refractivity contribution >= 4 is 48.8 Å². The highest BCUT2D eigenvalue weighted by Crippen LogP contribution is 2.40. The lowest BCUT2D eigenvalue weighted by Gasteiger charge is -2.34. The molecule has 3 atom stereocenters. The van der Waals surface area contributed by atoms with E-state index in [0.717, 1.165) is 18.7 Å². The molecule has 7 aromatic rings. The van der Waals surface area contributed by atoms with E-state index in [1.54, 1.807) is 0 Å². The summed E-state index contributed by atoms with van der Waals surface area (Å²) in [4.78, 5) is 2.23. The number of hydrogen-bond donors (Lipinski definition) is 2. The standard InChI is InChI=1S/C50H41N3/c1-53-28-10-13-39(32-53)35-22-20-33(21-23-35)34-24-26-36(27-25-34)48-31-49(46-29-37-11-2-4-14-40(37)42-16-6-8-18-44(42)46)52-50(51-48)47-30-38-12-3-5-15-41(38)43-17-7-9-19-45(43)47/h2-20,22-31,33,49-52H,21,32H2,1H3. The number of nitrogens with one attached hydrogen (secondary N) is 2. The minimum atomic E-state index is -0.118. The quantitative estimate of drug-likeness (QED) is 0.177. The van der Waals surface area contributed by atoms with Gasteiger partial charge in [-0.2, -0.15) is 0 Å². The summed E-state index contributed by atoms with van der Waals surface area (Å²) in [5.74, 6) is 0.369. The second-order valence-electron chi connectivity index (χ2n) is 14.7. The van der Waals surface area contributed by atoms with E-state index in [-0.39, 0.29) is 12.2 Å². The molecule has 0 amide bonds. The minimum Gasteiger partial charge on any atom is -0.376 e. The average molecular weight is 684 g/mol. The summed E-state index contributed by atoms with van der Waals surface area (Å²) in [6.07, 6.45) is 16.9. The molecule has 2 N–H and O–H groups in total. The Hall–Kier alpha value is -6.16. The summed E-state index contributed by atoms with van der Waals surface area (Å²) in [6.45, 7) is 0.953. The summed E-state index contributed by atoms with van der Waals surface area (Å²) in [6, 6.07) is 49.2. The maximum Gasteiger partial charge on any atom is 0.105 e. The first kappa shape index (κ1) is 31.6. The first-order valence-electron chi connectivity index (χ1n) is 18.8. The highest BCUT2D eigenvalue weighted by atomic mass is 15.2. The first-order valence-corrected chi connectivity index (χ1v) is 18.8. The van der Waals surface area contributed by atoms with Crippen LogP contribution in [0.5, 0.6) is 0 Å². The van der Waals surface area contributed by atoms with Crippen molar-refractivity contribution in [2.75, 3.05) is 13.6 Å². The lowest BCUT2D eigenvalue weighted by molar-refractivity contribution is 0.447. The number of rotatable bonds is 5. The molecule has 256 valence electrons. The van der Waals surface area contributed by atoms with Gasteiger partial charge >= 0.3 is 0 Å². The van der Waals surface area contributed by atoms with Gasteiger partial charge in [0.1, 0.15) is 6.17 Å². The third kappa shape index (κ3) is 5.74.